The van der Waals surface area contributed by atoms with E-state index in [-0.39, 0.29) is 24.8 Å². The van der Waals surface area contributed by atoms with Crippen LogP contribution in [0.3, 0.4) is 0 Å². The summed E-state index contributed by atoms with van der Waals surface area (Å²) in [6.07, 6.45) is 1.39. The molecule has 0 aliphatic carbocycles. The van der Waals surface area contributed by atoms with Crippen molar-refractivity contribution in [2.45, 2.75) is 32.7 Å². The van der Waals surface area contributed by atoms with Crippen molar-refractivity contribution in [1.29, 1.82) is 0 Å². The lowest BCUT2D eigenvalue weighted by atomic mass is 10.2. The molecule has 0 aliphatic rings. The fourth-order valence-electron chi connectivity index (χ4n) is 1.03. The predicted octanol–water partition coefficient (Wildman–Crippen LogP) is -1.06. The molecule has 0 bridgehead atoms. The number of carbonyl (C=O) groups is 3. The molecule has 1 unspecified atom stereocenters. The summed E-state index contributed by atoms with van der Waals surface area (Å²) >= 11 is 0. The van der Waals surface area contributed by atoms with Crippen molar-refractivity contribution in [2.24, 2.45) is 5.73 Å². The Morgan fingerprint density at radius 3 is 2.31 bits per heavy atom. The van der Waals surface area contributed by atoms with E-state index < -0.39 is 11.9 Å². The summed E-state index contributed by atoms with van der Waals surface area (Å²) in [7, 11) is 0. The Morgan fingerprint density at radius 2 is 1.81 bits per heavy atom. The molecule has 0 heterocycles. The highest BCUT2D eigenvalue weighted by atomic mass is 16.2. The van der Waals surface area contributed by atoms with Crippen LogP contribution < -0.4 is 16.4 Å². The molecule has 1 atom stereocenters. The number of rotatable bonds is 7. The summed E-state index contributed by atoms with van der Waals surface area (Å²) in [5, 5.41) is 4.77. The number of amides is 2. The van der Waals surface area contributed by atoms with E-state index in [1.54, 1.807) is 0 Å². The van der Waals surface area contributed by atoms with E-state index in [0.717, 1.165) is 6.42 Å². The van der Waals surface area contributed by atoms with Crippen LogP contribution in [0.2, 0.25) is 0 Å². The van der Waals surface area contributed by atoms with Gasteiger partial charge in [0, 0.05) is 0 Å². The van der Waals surface area contributed by atoms with Gasteiger partial charge in [-0.05, 0) is 13.3 Å². The molecule has 6 heteroatoms. The molecule has 6 nitrogen and oxygen atoms in total. The lowest BCUT2D eigenvalue weighted by Gasteiger charge is -2.10. The number of nitrogens with two attached hydrogens (primary N) is 1. The van der Waals surface area contributed by atoms with Gasteiger partial charge in [-0.15, -0.1) is 0 Å². The van der Waals surface area contributed by atoms with Crippen molar-refractivity contribution >= 4 is 17.6 Å². The van der Waals surface area contributed by atoms with Crippen LogP contribution in [0.15, 0.2) is 0 Å². The molecule has 0 radical (unpaired) electrons. The average molecular weight is 229 g/mol. The van der Waals surface area contributed by atoms with Crippen LogP contribution in [0.1, 0.15) is 26.7 Å². The lowest BCUT2D eigenvalue weighted by molar-refractivity contribution is -0.127. The predicted molar refractivity (Wildman–Crippen MR) is 59.6 cm³/mol. The van der Waals surface area contributed by atoms with Crippen molar-refractivity contribution in [2.75, 3.05) is 13.1 Å². The summed E-state index contributed by atoms with van der Waals surface area (Å²) in [5.41, 5.74) is 5.54. The fraction of sp³-hybridized carbons (Fsp3) is 0.700. The van der Waals surface area contributed by atoms with Crippen molar-refractivity contribution in [3.8, 4) is 0 Å². The highest BCUT2D eigenvalue weighted by Crippen LogP contribution is 1.92. The van der Waals surface area contributed by atoms with E-state index in [0.29, 0.717) is 6.42 Å². The average Bonchev–Trinajstić information content (AvgIpc) is 2.23. The van der Waals surface area contributed by atoms with Gasteiger partial charge in [0.15, 0.2) is 0 Å². The zero-order valence-electron chi connectivity index (χ0n) is 9.71. The largest absolute Gasteiger partial charge is 0.348 e. The first-order valence-corrected chi connectivity index (χ1v) is 5.26. The van der Waals surface area contributed by atoms with Gasteiger partial charge in [-0.2, -0.15) is 0 Å². The molecule has 0 aliphatic heterocycles. The molecule has 0 aromatic rings. The zero-order chi connectivity index (χ0) is 12.6. The van der Waals surface area contributed by atoms with Crippen molar-refractivity contribution in [1.82, 2.24) is 10.6 Å². The highest BCUT2D eigenvalue weighted by Gasteiger charge is 2.12. The second kappa shape index (κ2) is 7.81. The molecule has 0 aromatic heterocycles. The van der Waals surface area contributed by atoms with Crippen LogP contribution >= 0.6 is 0 Å². The minimum absolute atomic E-state index is 0.0181. The van der Waals surface area contributed by atoms with Gasteiger partial charge in [0.1, 0.15) is 5.78 Å². The topological polar surface area (TPSA) is 101 Å². The number of carbonyl (C=O) groups excluding carboxylic acids is 3. The SMILES string of the molecule is CCCC(N)C(=O)NCC(=O)NCC(C)=O. The quantitative estimate of drug-likeness (QED) is 0.517. The van der Waals surface area contributed by atoms with E-state index in [9.17, 15) is 14.4 Å². The van der Waals surface area contributed by atoms with Gasteiger partial charge in [-0.25, -0.2) is 0 Å². The van der Waals surface area contributed by atoms with Crippen LogP contribution in [0.5, 0.6) is 0 Å². The van der Waals surface area contributed by atoms with Gasteiger partial charge >= 0.3 is 0 Å². The Balaban J connectivity index is 3.74. The Kier molecular flexibility index (Phi) is 7.11. The third-order valence-electron chi connectivity index (χ3n) is 1.89. The molecule has 2 amide bonds. The molecule has 0 rings (SSSR count). The summed E-state index contributed by atoms with van der Waals surface area (Å²) < 4.78 is 0. The van der Waals surface area contributed by atoms with Gasteiger partial charge in [0.05, 0.1) is 19.1 Å². The fourth-order valence-corrected chi connectivity index (χ4v) is 1.03. The molecule has 0 spiro atoms. The molecule has 16 heavy (non-hydrogen) atoms. The maximum Gasteiger partial charge on any atom is 0.239 e. The number of ketones is 1. The molecule has 0 aromatic carbocycles. The first kappa shape index (κ1) is 14.6. The van der Waals surface area contributed by atoms with Gasteiger partial charge < -0.3 is 16.4 Å². The molecule has 4 N–H and O–H groups in total. The number of hydrogen-bond donors (Lipinski definition) is 3. The Morgan fingerprint density at radius 1 is 1.19 bits per heavy atom. The number of Topliss-reactive ketones (excluding diaryl/α,β-unsaturated/α-hetero) is 1. The summed E-state index contributed by atoms with van der Waals surface area (Å²) in [5.74, 6) is -0.880. The van der Waals surface area contributed by atoms with E-state index in [1.165, 1.54) is 6.92 Å². The monoisotopic (exact) mass is 229 g/mol. The number of hydrogen-bond acceptors (Lipinski definition) is 4. The minimum atomic E-state index is -0.578. The van der Waals surface area contributed by atoms with E-state index in [2.05, 4.69) is 10.6 Å². The molecule has 0 fully saturated rings. The van der Waals surface area contributed by atoms with Crippen molar-refractivity contribution in [3.05, 3.63) is 0 Å². The molecule has 0 saturated heterocycles. The van der Waals surface area contributed by atoms with Crippen LogP contribution in [-0.4, -0.2) is 36.7 Å². The van der Waals surface area contributed by atoms with Crippen molar-refractivity contribution in [3.63, 3.8) is 0 Å². The first-order chi connectivity index (χ1) is 7.47. The molecule has 92 valence electrons. The Labute approximate surface area is 94.9 Å². The van der Waals surface area contributed by atoms with Crippen molar-refractivity contribution < 1.29 is 14.4 Å². The maximum atomic E-state index is 11.3. The number of nitrogens with one attached hydrogen (secondary N) is 2. The maximum absolute atomic E-state index is 11.3. The van der Waals surface area contributed by atoms with Crippen LogP contribution in [0.25, 0.3) is 0 Å². The summed E-state index contributed by atoms with van der Waals surface area (Å²) in [6, 6.07) is -0.578. The highest BCUT2D eigenvalue weighted by molar-refractivity contribution is 5.89. The van der Waals surface area contributed by atoms with Gasteiger partial charge in [0.25, 0.3) is 0 Å². The summed E-state index contributed by atoms with van der Waals surface area (Å²) in [6.45, 7) is 3.13. The lowest BCUT2D eigenvalue weighted by Crippen LogP contribution is -2.45. The third-order valence-corrected chi connectivity index (χ3v) is 1.89. The van der Waals surface area contributed by atoms with E-state index >= 15 is 0 Å². The standard InChI is InChI=1S/C10H19N3O3/c1-3-4-8(11)10(16)13-6-9(15)12-5-7(2)14/h8H,3-6,11H2,1-2H3,(H,12,15)(H,13,16). The Bertz CT molecular complexity index is 266. The van der Waals surface area contributed by atoms with Crippen LogP contribution in [0.4, 0.5) is 0 Å². The second-order valence-corrected chi connectivity index (χ2v) is 3.59. The van der Waals surface area contributed by atoms with Gasteiger partial charge in [0.2, 0.25) is 11.8 Å². The third kappa shape index (κ3) is 6.94. The molecule has 0 saturated carbocycles. The second-order valence-electron chi connectivity index (χ2n) is 3.59. The van der Waals surface area contributed by atoms with Gasteiger partial charge in [-0.1, -0.05) is 13.3 Å². The minimum Gasteiger partial charge on any atom is -0.348 e. The Hall–Kier alpha value is -1.43. The van der Waals surface area contributed by atoms with Crippen LogP contribution in [-0.2, 0) is 14.4 Å². The van der Waals surface area contributed by atoms with Gasteiger partial charge in [-0.3, -0.25) is 14.4 Å². The summed E-state index contributed by atoms with van der Waals surface area (Å²) in [4.78, 5) is 33.0. The molecular formula is C10H19N3O3. The zero-order valence-corrected chi connectivity index (χ0v) is 9.71. The molecular weight excluding hydrogens is 210 g/mol. The van der Waals surface area contributed by atoms with Crippen LogP contribution in [0, 0.1) is 0 Å². The van der Waals surface area contributed by atoms with E-state index in [1.807, 2.05) is 6.92 Å². The normalized spacial score (nSPS) is 11.7. The first-order valence-electron chi connectivity index (χ1n) is 5.26. The van der Waals surface area contributed by atoms with E-state index in [4.69, 9.17) is 5.73 Å². The smallest absolute Gasteiger partial charge is 0.239 e.